The van der Waals surface area contributed by atoms with Crippen LogP contribution in [0.25, 0.3) is 11.3 Å². The molecule has 2 aliphatic heterocycles. The molecule has 2 saturated heterocycles. The first-order valence-corrected chi connectivity index (χ1v) is 11.4. The van der Waals surface area contributed by atoms with Gasteiger partial charge in [-0.3, -0.25) is 9.48 Å². The first-order chi connectivity index (χ1) is 15.7. The smallest absolute Gasteiger partial charge is 0.251 e. The SMILES string of the molecule is Cn1cc(-c2ccnc(N3CCC(NC(=O)c4ccc(N5CCCCC5)cc4)C3)n2)cn1. The largest absolute Gasteiger partial charge is 0.372 e. The summed E-state index contributed by atoms with van der Waals surface area (Å²) in [5.74, 6) is 0.668. The molecule has 32 heavy (non-hydrogen) atoms. The topological polar surface area (TPSA) is 79.2 Å². The Bertz CT molecular complexity index is 1070. The Labute approximate surface area is 188 Å². The van der Waals surface area contributed by atoms with Gasteiger partial charge in [0, 0.05) is 68.5 Å². The monoisotopic (exact) mass is 431 g/mol. The van der Waals surface area contributed by atoms with Crippen LogP contribution in [0.1, 0.15) is 36.0 Å². The summed E-state index contributed by atoms with van der Waals surface area (Å²) in [4.78, 5) is 26.5. The van der Waals surface area contributed by atoms with Crippen LogP contribution in [-0.2, 0) is 7.05 Å². The van der Waals surface area contributed by atoms with Crippen LogP contribution in [-0.4, -0.2) is 57.9 Å². The molecule has 3 aromatic rings. The number of benzene rings is 1. The minimum absolute atomic E-state index is 0.0212. The molecule has 5 rings (SSSR count). The Morgan fingerprint density at radius 2 is 1.84 bits per heavy atom. The lowest BCUT2D eigenvalue weighted by molar-refractivity contribution is 0.0940. The van der Waals surface area contributed by atoms with Gasteiger partial charge in [-0.15, -0.1) is 0 Å². The second kappa shape index (κ2) is 8.98. The molecule has 2 fully saturated rings. The van der Waals surface area contributed by atoms with Crippen LogP contribution in [0, 0.1) is 0 Å². The van der Waals surface area contributed by atoms with Gasteiger partial charge in [-0.2, -0.15) is 5.10 Å². The summed E-state index contributed by atoms with van der Waals surface area (Å²) in [5.41, 5.74) is 3.73. The van der Waals surface area contributed by atoms with Crippen molar-refractivity contribution in [1.82, 2.24) is 25.1 Å². The summed E-state index contributed by atoms with van der Waals surface area (Å²) in [5, 5.41) is 7.40. The van der Waals surface area contributed by atoms with E-state index >= 15 is 0 Å². The van der Waals surface area contributed by atoms with Crippen molar-refractivity contribution in [2.75, 3.05) is 36.0 Å². The van der Waals surface area contributed by atoms with Crippen molar-refractivity contribution in [3.63, 3.8) is 0 Å². The van der Waals surface area contributed by atoms with E-state index in [1.165, 1.54) is 24.9 Å². The van der Waals surface area contributed by atoms with Crippen molar-refractivity contribution in [3.8, 4) is 11.3 Å². The summed E-state index contributed by atoms with van der Waals surface area (Å²) in [6.07, 6.45) is 10.2. The number of nitrogens with one attached hydrogen (secondary N) is 1. The lowest BCUT2D eigenvalue weighted by atomic mass is 10.1. The van der Waals surface area contributed by atoms with E-state index in [0.717, 1.165) is 37.3 Å². The molecule has 1 N–H and O–H groups in total. The van der Waals surface area contributed by atoms with E-state index in [1.54, 1.807) is 17.1 Å². The third-order valence-electron chi connectivity index (χ3n) is 6.30. The Balaban J connectivity index is 1.19. The predicted molar refractivity (Wildman–Crippen MR) is 125 cm³/mol. The zero-order valence-electron chi connectivity index (χ0n) is 18.4. The van der Waals surface area contributed by atoms with Crippen LogP contribution in [0.4, 0.5) is 11.6 Å². The number of piperidine rings is 1. The first kappa shape index (κ1) is 20.5. The normalized spacial score (nSPS) is 18.7. The highest BCUT2D eigenvalue weighted by atomic mass is 16.1. The van der Waals surface area contributed by atoms with Gasteiger partial charge in [0.05, 0.1) is 11.9 Å². The average molecular weight is 432 g/mol. The summed E-state index contributed by atoms with van der Waals surface area (Å²) in [6, 6.07) is 9.98. The molecule has 8 heteroatoms. The number of aromatic nitrogens is 4. The van der Waals surface area contributed by atoms with Crippen LogP contribution in [0.15, 0.2) is 48.9 Å². The Morgan fingerprint density at radius 3 is 2.59 bits per heavy atom. The van der Waals surface area contributed by atoms with Crippen LogP contribution < -0.4 is 15.1 Å². The molecule has 2 aliphatic rings. The van der Waals surface area contributed by atoms with Gasteiger partial charge < -0.3 is 15.1 Å². The van der Waals surface area contributed by atoms with E-state index in [9.17, 15) is 4.79 Å². The van der Waals surface area contributed by atoms with Gasteiger partial charge in [0.25, 0.3) is 5.91 Å². The summed E-state index contributed by atoms with van der Waals surface area (Å²) < 4.78 is 1.76. The van der Waals surface area contributed by atoms with Gasteiger partial charge in [0.15, 0.2) is 0 Å². The predicted octanol–water partition coefficient (Wildman–Crippen LogP) is 2.88. The average Bonchev–Trinajstić information content (AvgIpc) is 3.49. The third kappa shape index (κ3) is 4.44. The third-order valence-corrected chi connectivity index (χ3v) is 6.30. The molecule has 0 spiro atoms. The van der Waals surface area contributed by atoms with E-state index < -0.39 is 0 Å². The molecule has 2 aromatic heterocycles. The second-order valence-corrected chi connectivity index (χ2v) is 8.64. The highest BCUT2D eigenvalue weighted by molar-refractivity contribution is 5.94. The van der Waals surface area contributed by atoms with Gasteiger partial charge in [-0.1, -0.05) is 0 Å². The number of anilines is 2. The highest BCUT2D eigenvalue weighted by Crippen LogP contribution is 2.22. The quantitative estimate of drug-likeness (QED) is 0.669. The minimum atomic E-state index is -0.0212. The van der Waals surface area contributed by atoms with Gasteiger partial charge >= 0.3 is 0 Å². The molecule has 0 radical (unpaired) electrons. The molecule has 0 saturated carbocycles. The highest BCUT2D eigenvalue weighted by Gasteiger charge is 2.26. The Morgan fingerprint density at radius 1 is 1.03 bits per heavy atom. The standard InChI is InChI=1S/C24H29N7O/c1-29-16-19(15-26-29)22-9-11-25-24(28-22)31-14-10-20(17-31)27-23(32)18-5-7-21(8-6-18)30-12-3-2-4-13-30/h5-9,11,15-16,20H,2-4,10,12-14,17H2,1H3,(H,27,32). The van der Waals surface area contributed by atoms with E-state index in [1.807, 2.05) is 31.4 Å². The van der Waals surface area contributed by atoms with Crippen LogP contribution >= 0.6 is 0 Å². The number of carbonyl (C=O) groups excluding carboxylic acids is 1. The molecule has 8 nitrogen and oxygen atoms in total. The fraction of sp³-hybridized carbons (Fsp3) is 0.417. The van der Waals surface area contributed by atoms with Gasteiger partial charge in [0.2, 0.25) is 5.95 Å². The van der Waals surface area contributed by atoms with Crippen molar-refractivity contribution in [1.29, 1.82) is 0 Å². The molecular formula is C24H29N7O. The number of hydrogen-bond acceptors (Lipinski definition) is 6. The van der Waals surface area contributed by atoms with Gasteiger partial charge in [-0.05, 0) is 56.0 Å². The molecule has 166 valence electrons. The maximum absolute atomic E-state index is 12.8. The van der Waals surface area contributed by atoms with Gasteiger partial charge in [-0.25, -0.2) is 9.97 Å². The fourth-order valence-electron chi connectivity index (χ4n) is 4.52. The van der Waals surface area contributed by atoms with Crippen molar-refractivity contribution in [3.05, 3.63) is 54.5 Å². The molecule has 4 heterocycles. The van der Waals surface area contributed by atoms with E-state index in [2.05, 4.69) is 37.3 Å². The zero-order valence-corrected chi connectivity index (χ0v) is 18.4. The maximum Gasteiger partial charge on any atom is 0.251 e. The summed E-state index contributed by atoms with van der Waals surface area (Å²) >= 11 is 0. The van der Waals surface area contributed by atoms with Crippen molar-refractivity contribution in [2.45, 2.75) is 31.7 Å². The number of aryl methyl sites for hydroxylation is 1. The Hall–Kier alpha value is -3.42. The minimum Gasteiger partial charge on any atom is -0.372 e. The lowest BCUT2D eigenvalue weighted by Gasteiger charge is -2.28. The maximum atomic E-state index is 12.8. The Kier molecular flexibility index (Phi) is 5.75. The van der Waals surface area contributed by atoms with Crippen molar-refractivity contribution < 1.29 is 4.79 Å². The first-order valence-electron chi connectivity index (χ1n) is 11.4. The summed E-state index contributed by atoms with van der Waals surface area (Å²) in [6.45, 7) is 3.73. The van der Waals surface area contributed by atoms with Crippen LogP contribution in [0.3, 0.4) is 0 Å². The van der Waals surface area contributed by atoms with Crippen molar-refractivity contribution >= 4 is 17.5 Å². The number of amides is 1. The molecule has 1 atom stereocenters. The number of nitrogens with zero attached hydrogens (tertiary/aromatic N) is 6. The molecular weight excluding hydrogens is 402 g/mol. The molecule has 0 bridgehead atoms. The molecule has 1 unspecified atom stereocenters. The zero-order chi connectivity index (χ0) is 21.9. The molecule has 0 aliphatic carbocycles. The number of rotatable bonds is 5. The van der Waals surface area contributed by atoms with E-state index in [4.69, 9.17) is 4.98 Å². The van der Waals surface area contributed by atoms with Crippen LogP contribution in [0.2, 0.25) is 0 Å². The molecule has 1 aromatic carbocycles. The van der Waals surface area contributed by atoms with Crippen molar-refractivity contribution in [2.24, 2.45) is 7.05 Å². The number of hydrogen-bond donors (Lipinski definition) is 1. The lowest BCUT2D eigenvalue weighted by Crippen LogP contribution is -2.37. The van der Waals surface area contributed by atoms with Crippen LogP contribution in [0.5, 0.6) is 0 Å². The fourth-order valence-corrected chi connectivity index (χ4v) is 4.52. The second-order valence-electron chi connectivity index (χ2n) is 8.64. The van der Waals surface area contributed by atoms with E-state index in [-0.39, 0.29) is 11.9 Å². The number of carbonyl (C=O) groups is 1. The summed E-state index contributed by atoms with van der Waals surface area (Å²) in [7, 11) is 1.89. The van der Waals surface area contributed by atoms with E-state index in [0.29, 0.717) is 18.1 Å². The molecule has 1 amide bonds. The van der Waals surface area contributed by atoms with Gasteiger partial charge in [0.1, 0.15) is 0 Å².